The van der Waals surface area contributed by atoms with Gasteiger partial charge in [-0.15, -0.1) is 0 Å². The van der Waals surface area contributed by atoms with E-state index in [1.165, 1.54) is 0 Å². The Hall–Kier alpha value is -2.67. The fourth-order valence-corrected chi connectivity index (χ4v) is 1.93. The summed E-state index contributed by atoms with van der Waals surface area (Å²) in [6.07, 6.45) is -0.943. The lowest BCUT2D eigenvalue weighted by molar-refractivity contribution is 0.0601. The number of carbonyl (C=O) groups is 2. The Morgan fingerprint density at radius 2 is 1.75 bits per heavy atom. The van der Waals surface area contributed by atoms with Crippen LogP contribution in [-0.2, 0) is 16.1 Å². The summed E-state index contributed by atoms with van der Waals surface area (Å²) < 4.78 is 36.0. The summed E-state index contributed by atoms with van der Waals surface area (Å²) in [5, 5.41) is 2.72. The fraction of sp³-hybridized carbons (Fsp3) is 0.125. The van der Waals surface area contributed by atoms with Gasteiger partial charge in [0.2, 0.25) is 0 Å². The molecule has 126 valence electrons. The second kappa shape index (κ2) is 7.74. The van der Waals surface area contributed by atoms with E-state index >= 15 is 0 Å². The molecule has 1 N–H and O–H groups in total. The summed E-state index contributed by atoms with van der Waals surface area (Å²) in [7, 11) is 1.08. The van der Waals surface area contributed by atoms with Gasteiger partial charge in [0.05, 0.1) is 18.4 Å². The molecular formula is C16H12ClF2NO4. The molecule has 0 saturated carbocycles. The number of nitrogens with one attached hydrogen (secondary N) is 1. The average molecular weight is 356 g/mol. The first-order chi connectivity index (χ1) is 11.4. The lowest BCUT2D eigenvalue weighted by Crippen LogP contribution is -2.17. The lowest BCUT2D eigenvalue weighted by atomic mass is 10.1. The summed E-state index contributed by atoms with van der Waals surface area (Å²) in [6, 6.07) is 7.88. The second-order valence-electron chi connectivity index (χ2n) is 4.63. The van der Waals surface area contributed by atoms with Crippen molar-refractivity contribution >= 4 is 29.4 Å². The number of carbonyl (C=O) groups excluding carboxylic acids is 2. The third-order valence-electron chi connectivity index (χ3n) is 2.99. The first kappa shape index (κ1) is 17.7. The van der Waals surface area contributed by atoms with Gasteiger partial charge < -0.3 is 9.47 Å². The Bertz CT molecular complexity index is 765. The van der Waals surface area contributed by atoms with Crippen LogP contribution in [0.3, 0.4) is 0 Å². The summed E-state index contributed by atoms with van der Waals surface area (Å²) in [5.41, 5.74) is 0.0785. The van der Waals surface area contributed by atoms with Gasteiger partial charge in [-0.3, -0.25) is 5.32 Å². The number of methoxy groups -OCH3 is 1. The topological polar surface area (TPSA) is 64.6 Å². The molecule has 0 aromatic heterocycles. The first-order valence-corrected chi connectivity index (χ1v) is 7.04. The number of hydrogen-bond donors (Lipinski definition) is 1. The van der Waals surface area contributed by atoms with Crippen LogP contribution in [0, 0.1) is 11.6 Å². The van der Waals surface area contributed by atoms with Crippen molar-refractivity contribution in [2.24, 2.45) is 0 Å². The average Bonchev–Trinajstić information content (AvgIpc) is 2.56. The number of ether oxygens (including phenoxy) is 2. The van der Waals surface area contributed by atoms with Crippen molar-refractivity contribution in [2.45, 2.75) is 6.61 Å². The molecule has 0 aliphatic rings. The highest BCUT2D eigenvalue weighted by Crippen LogP contribution is 2.21. The molecule has 0 aliphatic carbocycles. The number of esters is 1. The summed E-state index contributed by atoms with van der Waals surface area (Å²) in [6.45, 7) is -0.0692. The van der Waals surface area contributed by atoms with Crippen LogP contribution < -0.4 is 5.32 Å². The molecule has 0 bridgehead atoms. The van der Waals surface area contributed by atoms with Crippen LogP contribution in [0.1, 0.15) is 15.9 Å². The number of amides is 1. The van der Waals surface area contributed by atoms with Crippen molar-refractivity contribution in [1.29, 1.82) is 0 Å². The predicted molar refractivity (Wildman–Crippen MR) is 83.0 cm³/mol. The summed E-state index contributed by atoms with van der Waals surface area (Å²) in [5.74, 6) is -3.40. The maximum absolute atomic E-state index is 13.3. The Morgan fingerprint density at radius 1 is 1.12 bits per heavy atom. The van der Waals surface area contributed by atoms with Gasteiger partial charge in [0, 0.05) is 11.1 Å². The van der Waals surface area contributed by atoms with Gasteiger partial charge >= 0.3 is 12.1 Å². The number of anilines is 1. The van der Waals surface area contributed by atoms with E-state index in [1.54, 1.807) is 24.3 Å². The molecule has 0 spiro atoms. The minimum absolute atomic E-state index is 0.0692. The molecule has 0 aliphatic heterocycles. The fourth-order valence-electron chi connectivity index (χ4n) is 1.80. The molecule has 0 radical (unpaired) electrons. The van der Waals surface area contributed by atoms with E-state index in [-0.39, 0.29) is 17.9 Å². The van der Waals surface area contributed by atoms with E-state index in [2.05, 4.69) is 10.1 Å². The maximum Gasteiger partial charge on any atom is 0.411 e. The van der Waals surface area contributed by atoms with E-state index in [0.717, 1.165) is 7.11 Å². The Morgan fingerprint density at radius 3 is 2.38 bits per heavy atom. The molecule has 2 aromatic rings. The number of rotatable bonds is 4. The zero-order chi connectivity index (χ0) is 17.7. The van der Waals surface area contributed by atoms with Crippen molar-refractivity contribution in [3.05, 3.63) is 64.2 Å². The standard InChI is InChI=1S/C16H12ClF2NO4/c1-23-15(21)11-6-12(18)13(19)7-14(11)20-16(22)24-8-9-2-4-10(17)5-3-9/h2-7H,8H2,1H3,(H,20,22). The van der Waals surface area contributed by atoms with E-state index in [9.17, 15) is 18.4 Å². The van der Waals surface area contributed by atoms with Gasteiger partial charge in [-0.1, -0.05) is 23.7 Å². The minimum atomic E-state index is -1.24. The smallest absolute Gasteiger partial charge is 0.411 e. The largest absolute Gasteiger partial charge is 0.465 e. The normalized spacial score (nSPS) is 10.2. The molecule has 0 heterocycles. The molecule has 0 unspecified atom stereocenters. The highest BCUT2D eigenvalue weighted by Gasteiger charge is 2.18. The van der Waals surface area contributed by atoms with Crippen molar-refractivity contribution in [2.75, 3.05) is 12.4 Å². The van der Waals surface area contributed by atoms with E-state index in [0.29, 0.717) is 22.7 Å². The Kier molecular flexibility index (Phi) is 5.70. The van der Waals surface area contributed by atoms with E-state index in [1.807, 2.05) is 0 Å². The highest BCUT2D eigenvalue weighted by molar-refractivity contribution is 6.30. The zero-order valence-corrected chi connectivity index (χ0v) is 13.2. The van der Waals surface area contributed by atoms with Gasteiger partial charge in [0.25, 0.3) is 0 Å². The SMILES string of the molecule is COC(=O)c1cc(F)c(F)cc1NC(=O)OCc1ccc(Cl)cc1. The van der Waals surface area contributed by atoms with Crippen LogP contribution >= 0.6 is 11.6 Å². The van der Waals surface area contributed by atoms with Gasteiger partial charge in [0.1, 0.15) is 6.61 Å². The molecule has 1 amide bonds. The van der Waals surface area contributed by atoms with E-state index < -0.39 is 23.7 Å². The van der Waals surface area contributed by atoms with Crippen molar-refractivity contribution in [1.82, 2.24) is 0 Å². The molecular weight excluding hydrogens is 344 g/mol. The zero-order valence-electron chi connectivity index (χ0n) is 12.4. The van der Waals surface area contributed by atoms with Crippen LogP contribution in [0.2, 0.25) is 5.02 Å². The van der Waals surface area contributed by atoms with Crippen molar-refractivity contribution in [3.8, 4) is 0 Å². The van der Waals surface area contributed by atoms with Crippen LogP contribution in [0.4, 0.5) is 19.3 Å². The van der Waals surface area contributed by atoms with Gasteiger partial charge in [-0.25, -0.2) is 18.4 Å². The molecule has 5 nitrogen and oxygen atoms in total. The molecule has 2 aromatic carbocycles. The van der Waals surface area contributed by atoms with Crippen molar-refractivity contribution < 1.29 is 27.8 Å². The van der Waals surface area contributed by atoms with Crippen LogP contribution in [0.25, 0.3) is 0 Å². The second-order valence-corrected chi connectivity index (χ2v) is 5.07. The van der Waals surface area contributed by atoms with E-state index in [4.69, 9.17) is 16.3 Å². The quantitative estimate of drug-likeness (QED) is 0.837. The molecule has 2 rings (SSSR count). The molecule has 0 saturated heterocycles. The first-order valence-electron chi connectivity index (χ1n) is 6.66. The molecule has 8 heteroatoms. The van der Waals surface area contributed by atoms with Crippen LogP contribution in [0.15, 0.2) is 36.4 Å². The molecule has 24 heavy (non-hydrogen) atoms. The lowest BCUT2D eigenvalue weighted by Gasteiger charge is -2.11. The summed E-state index contributed by atoms with van der Waals surface area (Å²) >= 11 is 5.74. The molecule has 0 fully saturated rings. The van der Waals surface area contributed by atoms with Gasteiger partial charge in [-0.05, 0) is 23.8 Å². The van der Waals surface area contributed by atoms with Gasteiger partial charge in [0.15, 0.2) is 11.6 Å². The third-order valence-corrected chi connectivity index (χ3v) is 3.24. The molecule has 0 atom stereocenters. The Labute approximate surface area is 141 Å². The Balaban J connectivity index is 2.09. The third kappa shape index (κ3) is 4.42. The highest BCUT2D eigenvalue weighted by atomic mass is 35.5. The summed E-state index contributed by atoms with van der Waals surface area (Å²) in [4.78, 5) is 23.4. The minimum Gasteiger partial charge on any atom is -0.465 e. The van der Waals surface area contributed by atoms with Gasteiger partial charge in [-0.2, -0.15) is 0 Å². The van der Waals surface area contributed by atoms with Crippen molar-refractivity contribution in [3.63, 3.8) is 0 Å². The number of benzene rings is 2. The van der Waals surface area contributed by atoms with Crippen LogP contribution in [-0.4, -0.2) is 19.2 Å². The number of hydrogen-bond acceptors (Lipinski definition) is 4. The monoisotopic (exact) mass is 355 g/mol. The van der Waals surface area contributed by atoms with Crippen LogP contribution in [0.5, 0.6) is 0 Å². The maximum atomic E-state index is 13.3. The number of halogens is 3. The predicted octanol–water partition coefficient (Wildman–Crippen LogP) is 4.15.